The molecule has 0 saturated carbocycles. The Bertz CT molecular complexity index is 686. The van der Waals surface area contributed by atoms with Gasteiger partial charge >= 0.3 is 0 Å². The second kappa shape index (κ2) is 4.68. The fourth-order valence-corrected chi connectivity index (χ4v) is 2.05. The van der Waals surface area contributed by atoms with E-state index in [9.17, 15) is 0 Å². The van der Waals surface area contributed by atoms with Crippen molar-refractivity contribution in [3.05, 3.63) is 48.8 Å². The molecule has 0 spiro atoms. The maximum Gasteiger partial charge on any atom is 0.170 e. The third-order valence-electron chi connectivity index (χ3n) is 3.17. The normalized spacial score (nSPS) is 10.8. The fraction of sp³-hybridized carbons (Fsp3) is 0.214. The van der Waals surface area contributed by atoms with Crippen molar-refractivity contribution in [2.24, 2.45) is 7.05 Å². The van der Waals surface area contributed by atoms with Crippen LogP contribution in [0.25, 0.3) is 11.0 Å². The standard InChI is InChI=1S/C14H16N5/c1-17-9-7-12(8-10-17)18(2)11-19-14-6-4-3-5-13(14)15-16-19/h3-10H,11H2,1-2H3/q+1. The smallest absolute Gasteiger partial charge is 0.170 e. The molecular formula is C14H16N5+. The van der Waals surface area contributed by atoms with Crippen LogP contribution in [0.2, 0.25) is 0 Å². The Kier molecular flexibility index (Phi) is 2.87. The molecule has 5 nitrogen and oxygen atoms in total. The summed E-state index contributed by atoms with van der Waals surface area (Å²) >= 11 is 0. The van der Waals surface area contributed by atoms with E-state index in [-0.39, 0.29) is 0 Å². The van der Waals surface area contributed by atoms with E-state index < -0.39 is 0 Å². The van der Waals surface area contributed by atoms with Crippen LogP contribution in [0.3, 0.4) is 0 Å². The summed E-state index contributed by atoms with van der Waals surface area (Å²) in [5.74, 6) is 0. The van der Waals surface area contributed by atoms with E-state index in [1.807, 2.05) is 60.0 Å². The molecule has 0 atom stereocenters. The number of pyridine rings is 1. The van der Waals surface area contributed by atoms with Gasteiger partial charge in [-0.05, 0) is 12.1 Å². The second-order valence-electron chi connectivity index (χ2n) is 4.64. The number of para-hydroxylation sites is 1. The summed E-state index contributed by atoms with van der Waals surface area (Å²) in [5, 5.41) is 8.36. The highest BCUT2D eigenvalue weighted by atomic mass is 15.5. The molecule has 0 unspecified atom stereocenters. The first-order chi connectivity index (χ1) is 9.24. The zero-order valence-corrected chi connectivity index (χ0v) is 11.1. The van der Waals surface area contributed by atoms with Crippen molar-refractivity contribution in [1.29, 1.82) is 0 Å². The first-order valence-corrected chi connectivity index (χ1v) is 6.19. The van der Waals surface area contributed by atoms with Gasteiger partial charge in [0.25, 0.3) is 0 Å². The molecular weight excluding hydrogens is 238 g/mol. The summed E-state index contributed by atoms with van der Waals surface area (Å²) < 4.78 is 3.92. The van der Waals surface area contributed by atoms with E-state index in [0.29, 0.717) is 6.67 Å². The van der Waals surface area contributed by atoms with Gasteiger partial charge in [0.05, 0.1) is 5.52 Å². The topological polar surface area (TPSA) is 37.8 Å². The summed E-state index contributed by atoms with van der Waals surface area (Å²) in [7, 11) is 4.06. The third-order valence-corrected chi connectivity index (χ3v) is 3.17. The van der Waals surface area contributed by atoms with Gasteiger partial charge in [0.15, 0.2) is 12.4 Å². The monoisotopic (exact) mass is 254 g/mol. The van der Waals surface area contributed by atoms with Gasteiger partial charge in [0, 0.05) is 24.9 Å². The molecule has 0 fully saturated rings. The summed E-state index contributed by atoms with van der Waals surface area (Å²) in [5.41, 5.74) is 3.13. The van der Waals surface area contributed by atoms with E-state index in [0.717, 1.165) is 16.7 Å². The number of benzene rings is 1. The van der Waals surface area contributed by atoms with Gasteiger partial charge in [-0.25, -0.2) is 9.25 Å². The van der Waals surface area contributed by atoms with Crippen LogP contribution in [-0.2, 0) is 13.7 Å². The lowest BCUT2D eigenvalue weighted by atomic mass is 10.3. The summed E-state index contributed by atoms with van der Waals surface area (Å²) in [6.07, 6.45) is 4.07. The summed E-state index contributed by atoms with van der Waals surface area (Å²) in [6, 6.07) is 12.2. The minimum absolute atomic E-state index is 0.675. The Hall–Kier alpha value is -2.43. The molecule has 0 aliphatic heterocycles. The molecule has 19 heavy (non-hydrogen) atoms. The third kappa shape index (κ3) is 2.27. The lowest BCUT2D eigenvalue weighted by Crippen LogP contribution is -2.28. The molecule has 0 N–H and O–H groups in total. The Morgan fingerprint density at radius 1 is 1.16 bits per heavy atom. The first kappa shape index (κ1) is 11.6. The van der Waals surface area contributed by atoms with Gasteiger partial charge in [-0.1, -0.05) is 17.3 Å². The lowest BCUT2D eigenvalue weighted by molar-refractivity contribution is -0.671. The highest BCUT2D eigenvalue weighted by molar-refractivity contribution is 5.73. The quantitative estimate of drug-likeness (QED) is 0.662. The largest absolute Gasteiger partial charge is 0.355 e. The van der Waals surface area contributed by atoms with E-state index in [1.54, 1.807) is 0 Å². The summed E-state index contributed by atoms with van der Waals surface area (Å²) in [4.78, 5) is 2.14. The number of nitrogens with zero attached hydrogens (tertiary/aromatic N) is 5. The van der Waals surface area contributed by atoms with Gasteiger partial charge in [-0.2, -0.15) is 0 Å². The van der Waals surface area contributed by atoms with Crippen molar-refractivity contribution < 1.29 is 4.57 Å². The van der Waals surface area contributed by atoms with Crippen LogP contribution in [0, 0.1) is 0 Å². The molecule has 3 rings (SSSR count). The average Bonchev–Trinajstić information content (AvgIpc) is 2.83. The predicted molar refractivity (Wildman–Crippen MR) is 73.5 cm³/mol. The predicted octanol–water partition coefficient (Wildman–Crippen LogP) is 1.35. The number of aromatic nitrogens is 4. The lowest BCUT2D eigenvalue weighted by Gasteiger charge is -2.18. The van der Waals surface area contributed by atoms with Crippen LogP contribution < -0.4 is 9.47 Å². The van der Waals surface area contributed by atoms with E-state index in [2.05, 4.69) is 27.3 Å². The molecule has 96 valence electrons. The van der Waals surface area contributed by atoms with Crippen molar-refractivity contribution >= 4 is 16.7 Å². The zero-order chi connectivity index (χ0) is 13.2. The number of anilines is 1. The average molecular weight is 254 g/mol. The Morgan fingerprint density at radius 3 is 2.68 bits per heavy atom. The maximum atomic E-state index is 4.20. The van der Waals surface area contributed by atoms with Gasteiger partial charge < -0.3 is 4.90 Å². The number of aryl methyl sites for hydroxylation is 1. The molecule has 0 radical (unpaired) electrons. The van der Waals surface area contributed by atoms with Crippen LogP contribution >= 0.6 is 0 Å². The molecule has 0 saturated heterocycles. The molecule has 1 aromatic carbocycles. The number of fused-ring (bicyclic) bond motifs is 1. The number of hydrogen-bond donors (Lipinski definition) is 0. The molecule has 5 heteroatoms. The van der Waals surface area contributed by atoms with Crippen LogP contribution in [0.15, 0.2) is 48.8 Å². The van der Waals surface area contributed by atoms with E-state index >= 15 is 0 Å². The Morgan fingerprint density at radius 2 is 1.89 bits per heavy atom. The zero-order valence-electron chi connectivity index (χ0n) is 11.1. The van der Waals surface area contributed by atoms with Crippen LogP contribution in [0.4, 0.5) is 5.69 Å². The molecule has 2 aromatic heterocycles. The van der Waals surface area contributed by atoms with Crippen molar-refractivity contribution in [1.82, 2.24) is 15.0 Å². The molecule has 0 aliphatic rings. The minimum atomic E-state index is 0.675. The van der Waals surface area contributed by atoms with Crippen LogP contribution in [-0.4, -0.2) is 22.0 Å². The van der Waals surface area contributed by atoms with Gasteiger partial charge in [0.1, 0.15) is 19.2 Å². The second-order valence-corrected chi connectivity index (χ2v) is 4.64. The van der Waals surface area contributed by atoms with E-state index in [4.69, 9.17) is 0 Å². The van der Waals surface area contributed by atoms with Crippen molar-refractivity contribution in [2.75, 3.05) is 11.9 Å². The molecule has 3 aromatic rings. The number of rotatable bonds is 3. The highest BCUT2D eigenvalue weighted by Gasteiger charge is 2.07. The maximum absolute atomic E-state index is 4.20. The van der Waals surface area contributed by atoms with Gasteiger partial charge in [0.2, 0.25) is 0 Å². The molecule has 0 bridgehead atoms. The summed E-state index contributed by atoms with van der Waals surface area (Å²) in [6.45, 7) is 0.675. The van der Waals surface area contributed by atoms with E-state index in [1.165, 1.54) is 0 Å². The minimum Gasteiger partial charge on any atom is -0.355 e. The molecule has 0 aliphatic carbocycles. The van der Waals surface area contributed by atoms with Crippen molar-refractivity contribution in [3.8, 4) is 0 Å². The molecule has 2 heterocycles. The van der Waals surface area contributed by atoms with Crippen molar-refractivity contribution in [3.63, 3.8) is 0 Å². The number of hydrogen-bond acceptors (Lipinski definition) is 3. The van der Waals surface area contributed by atoms with Crippen LogP contribution in [0.5, 0.6) is 0 Å². The van der Waals surface area contributed by atoms with Crippen LogP contribution in [0.1, 0.15) is 0 Å². The highest BCUT2D eigenvalue weighted by Crippen LogP contribution is 2.13. The van der Waals surface area contributed by atoms with Gasteiger partial charge in [-0.15, -0.1) is 5.10 Å². The van der Waals surface area contributed by atoms with Crippen molar-refractivity contribution in [2.45, 2.75) is 6.67 Å². The fourth-order valence-electron chi connectivity index (χ4n) is 2.05. The van der Waals surface area contributed by atoms with Gasteiger partial charge in [-0.3, -0.25) is 0 Å². The Labute approximate surface area is 111 Å². The Balaban J connectivity index is 1.86. The molecule has 0 amide bonds. The first-order valence-electron chi connectivity index (χ1n) is 6.19. The SMILES string of the molecule is CN(Cn1nnc2ccccc21)c1cc[n+](C)cc1.